The predicted octanol–water partition coefficient (Wildman–Crippen LogP) is 4.22. The molecule has 150 valence electrons. The third kappa shape index (κ3) is 5.89. The molecule has 0 spiro atoms. The molecule has 6 nitrogen and oxygen atoms in total. The molecule has 2 unspecified atom stereocenters. The summed E-state index contributed by atoms with van der Waals surface area (Å²) in [5, 5.41) is 0. The van der Waals surface area contributed by atoms with Crippen LogP contribution in [0, 0.1) is 0 Å². The molecule has 2 aromatic rings. The van der Waals surface area contributed by atoms with Crippen LogP contribution in [0.5, 0.6) is 11.5 Å². The van der Waals surface area contributed by atoms with Crippen LogP contribution in [-0.2, 0) is 14.1 Å². The van der Waals surface area contributed by atoms with Gasteiger partial charge in [0.15, 0.2) is 5.78 Å². The maximum Gasteiger partial charge on any atom is 0.321 e. The van der Waals surface area contributed by atoms with Crippen LogP contribution in [0.1, 0.15) is 41.6 Å². The molecule has 2 rings (SSSR count). The first kappa shape index (κ1) is 23.3. The van der Waals surface area contributed by atoms with E-state index in [1.54, 1.807) is 42.5 Å². The van der Waals surface area contributed by atoms with E-state index >= 15 is 0 Å². The molecule has 2 atom stereocenters. The molecule has 7 heteroatoms. The van der Waals surface area contributed by atoms with Gasteiger partial charge >= 0.3 is 15.1 Å². The monoisotopic (exact) mass is 405 g/mol. The van der Waals surface area contributed by atoms with Gasteiger partial charge in [0, 0.05) is 0 Å². The average Bonchev–Trinajstić information content (AvgIpc) is 2.75. The largest absolute Gasteiger partial charge is 0.496 e. The fourth-order valence-corrected chi connectivity index (χ4v) is 2.68. The molecule has 28 heavy (non-hydrogen) atoms. The zero-order chi connectivity index (χ0) is 20.9. The number of hydrogen-bond donors (Lipinski definition) is 0. The van der Waals surface area contributed by atoms with Gasteiger partial charge in [-0.1, -0.05) is 54.3 Å². The number of unbranched alkanes of at least 4 members (excludes halogenated alkanes) is 1. The molecule has 0 amide bonds. The van der Waals surface area contributed by atoms with Crippen molar-refractivity contribution in [2.45, 2.75) is 25.7 Å². The first-order valence-electron chi connectivity index (χ1n) is 8.84. The van der Waals surface area contributed by atoms with E-state index in [1.807, 2.05) is 13.0 Å². The van der Waals surface area contributed by atoms with Gasteiger partial charge in [-0.25, -0.2) is 0 Å². The lowest BCUT2D eigenvalue weighted by molar-refractivity contribution is -0.144. The Hall–Kier alpha value is -2.72. The SMILES string of the molecule is CCCCOC(=O)C(C(=O)c1c(OC)cccc1OC)c1ccccc1.O=[PH2+]. The number of carbonyl (C=O) groups is 2. The van der Waals surface area contributed by atoms with E-state index in [-0.39, 0.29) is 12.2 Å². The van der Waals surface area contributed by atoms with E-state index in [1.165, 1.54) is 23.3 Å². The summed E-state index contributed by atoms with van der Waals surface area (Å²) in [6.07, 6.45) is 1.65. The van der Waals surface area contributed by atoms with Crippen molar-refractivity contribution in [2.75, 3.05) is 20.8 Å². The second kappa shape index (κ2) is 12.6. The lowest BCUT2D eigenvalue weighted by atomic mass is 9.89. The Bertz CT molecular complexity index is 740. The van der Waals surface area contributed by atoms with Gasteiger partial charge in [0.2, 0.25) is 0 Å². The van der Waals surface area contributed by atoms with Crippen molar-refractivity contribution in [1.82, 2.24) is 0 Å². The fraction of sp³-hybridized carbons (Fsp3) is 0.333. The highest BCUT2D eigenvalue weighted by molar-refractivity contribution is 7.00. The zero-order valence-electron chi connectivity index (χ0n) is 16.3. The Morgan fingerprint density at radius 2 is 1.50 bits per heavy atom. The quantitative estimate of drug-likeness (QED) is 0.204. The van der Waals surface area contributed by atoms with Crippen molar-refractivity contribution < 1.29 is 28.4 Å². The topological polar surface area (TPSA) is 78.9 Å². The van der Waals surface area contributed by atoms with Gasteiger partial charge in [0.1, 0.15) is 23.0 Å². The molecule has 0 saturated carbocycles. The summed E-state index contributed by atoms with van der Waals surface area (Å²) in [6.45, 7) is 2.29. The van der Waals surface area contributed by atoms with E-state index in [2.05, 4.69) is 0 Å². The van der Waals surface area contributed by atoms with Crippen molar-refractivity contribution in [1.29, 1.82) is 0 Å². The number of ketones is 1. The Morgan fingerprint density at radius 3 is 2.00 bits per heavy atom. The number of hydrogen-bond acceptors (Lipinski definition) is 6. The van der Waals surface area contributed by atoms with Crippen LogP contribution >= 0.6 is 9.12 Å². The van der Waals surface area contributed by atoms with Crippen LogP contribution in [-0.4, -0.2) is 32.6 Å². The fourth-order valence-electron chi connectivity index (χ4n) is 2.68. The minimum absolute atomic E-state index is 0.235. The maximum absolute atomic E-state index is 13.3. The molecule has 0 radical (unpaired) electrons. The number of Topliss-reactive ketones (excluding diaryl/α,β-unsaturated/α-hetero) is 1. The van der Waals surface area contributed by atoms with Gasteiger partial charge in [0.25, 0.3) is 0 Å². The molecular weight excluding hydrogens is 379 g/mol. The first-order chi connectivity index (χ1) is 13.6. The highest BCUT2D eigenvalue weighted by atomic mass is 31.0. The normalized spacial score (nSPS) is 10.8. The third-order valence-corrected chi connectivity index (χ3v) is 4.05. The number of rotatable bonds is 9. The standard InChI is InChI=1S/C21H24O5.H2OP/c1-4-5-14-26-21(23)18(15-10-7-6-8-11-15)20(22)19-16(24-2)12-9-13-17(19)25-3;1-2/h6-13,18H,4-5,14H2,1-3H3;2H2/q;+1. The van der Waals surface area contributed by atoms with Crippen LogP contribution in [0.3, 0.4) is 0 Å². The molecule has 0 fully saturated rings. The summed E-state index contributed by atoms with van der Waals surface area (Å²) in [6, 6.07) is 13.9. The second-order valence-electron chi connectivity index (χ2n) is 5.77. The number of carbonyl (C=O) groups excluding carboxylic acids is 2. The molecule has 0 aliphatic carbocycles. The summed E-state index contributed by atoms with van der Waals surface area (Å²) >= 11 is 0. The first-order valence-corrected chi connectivity index (χ1v) is 9.31. The van der Waals surface area contributed by atoms with E-state index in [4.69, 9.17) is 18.8 Å². The molecule has 0 bridgehead atoms. The van der Waals surface area contributed by atoms with Crippen molar-refractivity contribution >= 4 is 20.9 Å². The lowest BCUT2D eigenvalue weighted by Crippen LogP contribution is -2.25. The lowest BCUT2D eigenvalue weighted by Gasteiger charge is -2.18. The maximum atomic E-state index is 13.3. The van der Waals surface area contributed by atoms with Crippen molar-refractivity contribution in [3.05, 3.63) is 59.7 Å². The summed E-state index contributed by atoms with van der Waals surface area (Å²) in [7, 11) is 4.12. The number of esters is 1. The molecule has 0 saturated heterocycles. The van der Waals surface area contributed by atoms with Crippen molar-refractivity contribution in [2.24, 2.45) is 0 Å². The van der Waals surface area contributed by atoms with Crippen LogP contribution in [0.2, 0.25) is 0 Å². The molecule has 0 aromatic heterocycles. The summed E-state index contributed by atoms with van der Waals surface area (Å²) in [5.74, 6) is -1.33. The highest BCUT2D eigenvalue weighted by Crippen LogP contribution is 2.34. The zero-order valence-corrected chi connectivity index (χ0v) is 17.5. The van der Waals surface area contributed by atoms with Gasteiger partial charge in [-0.2, -0.15) is 0 Å². The van der Waals surface area contributed by atoms with E-state index < -0.39 is 17.7 Å². The Morgan fingerprint density at radius 1 is 0.929 bits per heavy atom. The summed E-state index contributed by atoms with van der Waals surface area (Å²) in [5.41, 5.74) is 0.811. The van der Waals surface area contributed by atoms with Crippen LogP contribution < -0.4 is 9.47 Å². The molecule has 0 aliphatic rings. The molecule has 2 aromatic carbocycles. The summed E-state index contributed by atoms with van der Waals surface area (Å²) < 4.78 is 24.2. The van der Waals surface area contributed by atoms with Crippen LogP contribution in [0.15, 0.2) is 48.5 Å². The minimum Gasteiger partial charge on any atom is -0.496 e. The van der Waals surface area contributed by atoms with Gasteiger partial charge in [-0.15, -0.1) is 0 Å². The van der Waals surface area contributed by atoms with E-state index in [0.717, 1.165) is 12.8 Å². The minimum atomic E-state index is -1.07. The third-order valence-electron chi connectivity index (χ3n) is 4.05. The number of methoxy groups -OCH3 is 2. The van der Waals surface area contributed by atoms with Crippen LogP contribution in [0.25, 0.3) is 0 Å². The number of benzene rings is 2. The second-order valence-corrected chi connectivity index (χ2v) is 5.77. The average molecular weight is 405 g/mol. The van der Waals surface area contributed by atoms with E-state index in [0.29, 0.717) is 17.1 Å². The molecular formula is C21H26O6P+. The van der Waals surface area contributed by atoms with Crippen molar-refractivity contribution in [3.8, 4) is 11.5 Å². The number of ether oxygens (including phenoxy) is 3. The summed E-state index contributed by atoms with van der Waals surface area (Å²) in [4.78, 5) is 26.0. The van der Waals surface area contributed by atoms with Crippen LogP contribution in [0.4, 0.5) is 0 Å². The highest BCUT2D eigenvalue weighted by Gasteiger charge is 2.34. The van der Waals surface area contributed by atoms with Gasteiger partial charge in [-0.05, 0) is 24.1 Å². The molecule has 0 N–H and O–H groups in total. The van der Waals surface area contributed by atoms with Gasteiger partial charge in [-0.3, -0.25) is 9.59 Å². The Kier molecular flexibility index (Phi) is 10.5. The Balaban J connectivity index is 0.00000190. The Labute approximate surface area is 167 Å². The van der Waals surface area contributed by atoms with Gasteiger partial charge < -0.3 is 14.2 Å². The van der Waals surface area contributed by atoms with Gasteiger partial charge in [0.05, 0.1) is 20.8 Å². The smallest absolute Gasteiger partial charge is 0.321 e. The molecule has 0 heterocycles. The molecule has 0 aliphatic heterocycles. The van der Waals surface area contributed by atoms with E-state index in [9.17, 15) is 9.59 Å². The predicted molar refractivity (Wildman–Crippen MR) is 109 cm³/mol. The van der Waals surface area contributed by atoms with Crippen molar-refractivity contribution in [3.63, 3.8) is 0 Å².